The molecule has 2 aromatic heterocycles. The van der Waals surface area contributed by atoms with Crippen molar-refractivity contribution in [2.45, 2.75) is 33.6 Å². The highest BCUT2D eigenvalue weighted by atomic mass is 32.1. The first-order valence-electron chi connectivity index (χ1n) is 9.31. The van der Waals surface area contributed by atoms with Crippen molar-refractivity contribution in [3.05, 3.63) is 34.6 Å². The molecular formula is C21H23N3O4S. The summed E-state index contributed by atoms with van der Waals surface area (Å²) in [6.45, 7) is 5.94. The third kappa shape index (κ3) is 3.37. The Bertz CT molecular complexity index is 1100. The van der Waals surface area contributed by atoms with Gasteiger partial charge in [0.2, 0.25) is 0 Å². The summed E-state index contributed by atoms with van der Waals surface area (Å²) in [6, 6.07) is 3.61. The number of Topliss-reactive ketones (excluding diaryl/α,β-unsaturated/α-hetero) is 1. The summed E-state index contributed by atoms with van der Waals surface area (Å²) in [4.78, 5) is 33.1. The fraction of sp³-hybridized carbons (Fsp3) is 0.381. The van der Waals surface area contributed by atoms with Crippen LogP contribution in [0.1, 0.15) is 52.4 Å². The number of fused-ring (bicyclic) bond motifs is 2. The largest absolute Gasteiger partial charge is 0.493 e. The van der Waals surface area contributed by atoms with Crippen LogP contribution in [-0.4, -0.2) is 35.9 Å². The molecule has 0 spiro atoms. The maximum Gasteiger partial charge on any atom is 0.274 e. The van der Waals surface area contributed by atoms with Gasteiger partial charge in [-0.3, -0.25) is 14.9 Å². The number of aromatic amines is 1. The SMILES string of the molecule is COc1cc2nc(NC(=O)c3[nH]c4c(c3C)C(=O)CC(C)(C)C4)sc2cc1OC. The molecule has 152 valence electrons. The second-order valence-corrected chi connectivity index (χ2v) is 9.10. The monoisotopic (exact) mass is 413 g/mol. The molecule has 1 aromatic carbocycles. The second-order valence-electron chi connectivity index (χ2n) is 8.07. The fourth-order valence-electron chi connectivity index (χ4n) is 3.93. The quantitative estimate of drug-likeness (QED) is 0.663. The Morgan fingerprint density at radius 3 is 2.59 bits per heavy atom. The average Bonchev–Trinajstić information content (AvgIpc) is 3.18. The van der Waals surface area contributed by atoms with Gasteiger partial charge in [-0.25, -0.2) is 4.98 Å². The number of carbonyl (C=O) groups is 2. The molecule has 8 heteroatoms. The number of benzene rings is 1. The molecule has 1 amide bonds. The molecule has 29 heavy (non-hydrogen) atoms. The number of carbonyl (C=O) groups excluding carboxylic acids is 2. The van der Waals surface area contributed by atoms with Gasteiger partial charge in [0, 0.05) is 29.8 Å². The Morgan fingerprint density at radius 1 is 1.21 bits per heavy atom. The number of nitrogens with one attached hydrogen (secondary N) is 2. The number of aromatic nitrogens is 2. The van der Waals surface area contributed by atoms with Gasteiger partial charge in [-0.1, -0.05) is 25.2 Å². The normalized spacial score (nSPS) is 15.3. The third-order valence-corrected chi connectivity index (χ3v) is 6.18. The van der Waals surface area contributed by atoms with Crippen molar-refractivity contribution in [2.75, 3.05) is 19.5 Å². The minimum absolute atomic E-state index is 0.0863. The lowest BCUT2D eigenvalue weighted by molar-refractivity contribution is 0.0910. The molecule has 7 nitrogen and oxygen atoms in total. The Kier molecular flexibility index (Phi) is 4.61. The van der Waals surface area contributed by atoms with Crippen molar-refractivity contribution in [1.82, 2.24) is 9.97 Å². The highest BCUT2D eigenvalue weighted by Gasteiger charge is 2.35. The van der Waals surface area contributed by atoms with Gasteiger partial charge in [-0.2, -0.15) is 0 Å². The van der Waals surface area contributed by atoms with E-state index < -0.39 is 0 Å². The highest BCUT2D eigenvalue weighted by molar-refractivity contribution is 7.22. The molecule has 0 aliphatic heterocycles. The van der Waals surface area contributed by atoms with Crippen LogP contribution in [0, 0.1) is 12.3 Å². The molecular weight excluding hydrogens is 390 g/mol. The number of hydrogen-bond donors (Lipinski definition) is 2. The molecule has 0 unspecified atom stereocenters. The molecule has 4 rings (SSSR count). The van der Waals surface area contributed by atoms with E-state index in [1.807, 2.05) is 13.0 Å². The maximum atomic E-state index is 12.9. The highest BCUT2D eigenvalue weighted by Crippen LogP contribution is 2.38. The van der Waals surface area contributed by atoms with Crippen LogP contribution in [0.15, 0.2) is 12.1 Å². The summed E-state index contributed by atoms with van der Waals surface area (Å²) < 4.78 is 11.5. The predicted molar refractivity (Wildman–Crippen MR) is 113 cm³/mol. The molecule has 2 N–H and O–H groups in total. The van der Waals surface area contributed by atoms with E-state index in [2.05, 4.69) is 29.1 Å². The molecule has 0 radical (unpaired) electrons. The summed E-state index contributed by atoms with van der Waals surface area (Å²) >= 11 is 1.35. The topological polar surface area (TPSA) is 93.3 Å². The number of rotatable bonds is 4. The van der Waals surface area contributed by atoms with Crippen LogP contribution in [0.3, 0.4) is 0 Å². The van der Waals surface area contributed by atoms with Gasteiger partial charge in [-0.15, -0.1) is 0 Å². The first-order valence-corrected chi connectivity index (χ1v) is 10.1. The van der Waals surface area contributed by atoms with E-state index in [-0.39, 0.29) is 17.1 Å². The van der Waals surface area contributed by atoms with Crippen molar-refractivity contribution in [3.8, 4) is 11.5 Å². The van der Waals surface area contributed by atoms with E-state index in [9.17, 15) is 9.59 Å². The van der Waals surface area contributed by atoms with Crippen LogP contribution in [0.2, 0.25) is 0 Å². The molecule has 0 saturated carbocycles. The number of amides is 1. The Morgan fingerprint density at radius 2 is 1.90 bits per heavy atom. The van der Waals surface area contributed by atoms with Gasteiger partial charge in [-0.05, 0) is 24.3 Å². The lowest BCUT2D eigenvalue weighted by atomic mass is 9.75. The van der Waals surface area contributed by atoms with Crippen LogP contribution < -0.4 is 14.8 Å². The number of methoxy groups -OCH3 is 2. The second kappa shape index (κ2) is 6.88. The molecule has 1 aliphatic carbocycles. The fourth-order valence-corrected chi connectivity index (χ4v) is 4.80. The summed E-state index contributed by atoms with van der Waals surface area (Å²) in [5, 5.41) is 3.32. The molecule has 2 heterocycles. The number of ketones is 1. The van der Waals surface area contributed by atoms with Crippen LogP contribution >= 0.6 is 11.3 Å². The van der Waals surface area contributed by atoms with Gasteiger partial charge in [0.1, 0.15) is 5.69 Å². The summed E-state index contributed by atoms with van der Waals surface area (Å²) in [5.41, 5.74) is 3.21. The minimum atomic E-state index is -0.305. The molecule has 0 saturated heterocycles. The summed E-state index contributed by atoms with van der Waals surface area (Å²) in [6.07, 6.45) is 1.23. The zero-order valence-corrected chi connectivity index (χ0v) is 17.9. The smallest absolute Gasteiger partial charge is 0.274 e. The van der Waals surface area contributed by atoms with Crippen molar-refractivity contribution in [1.29, 1.82) is 0 Å². The van der Waals surface area contributed by atoms with Gasteiger partial charge in [0.05, 0.1) is 24.4 Å². The Hall–Kier alpha value is -2.87. The number of H-pyrrole nitrogens is 1. The van der Waals surface area contributed by atoms with E-state index in [0.29, 0.717) is 45.4 Å². The number of hydrogen-bond acceptors (Lipinski definition) is 6. The van der Waals surface area contributed by atoms with Crippen LogP contribution in [0.4, 0.5) is 5.13 Å². The maximum absolute atomic E-state index is 12.9. The predicted octanol–water partition coefficient (Wildman–Crippen LogP) is 4.36. The average molecular weight is 413 g/mol. The number of anilines is 1. The van der Waals surface area contributed by atoms with Crippen molar-refractivity contribution < 1.29 is 19.1 Å². The van der Waals surface area contributed by atoms with Gasteiger partial charge >= 0.3 is 0 Å². The van der Waals surface area contributed by atoms with Crippen LogP contribution in [0.5, 0.6) is 11.5 Å². The Labute approximate surface area is 172 Å². The standard InChI is InChI=1S/C21H23N3O4S/c1-10-17-12(8-21(2,3)9-13(17)25)22-18(10)19(26)24-20-23-11-6-14(27-4)15(28-5)7-16(11)29-20/h6-7,22H,8-9H2,1-5H3,(H,23,24,26). The summed E-state index contributed by atoms with van der Waals surface area (Å²) in [7, 11) is 3.14. The van der Waals surface area contributed by atoms with Gasteiger partial charge < -0.3 is 14.5 Å². The van der Waals surface area contributed by atoms with Gasteiger partial charge in [0.25, 0.3) is 5.91 Å². The third-order valence-electron chi connectivity index (χ3n) is 5.24. The van der Waals surface area contributed by atoms with Crippen molar-refractivity contribution in [2.24, 2.45) is 5.41 Å². The lowest BCUT2D eigenvalue weighted by Crippen LogP contribution is -2.26. The first kappa shape index (κ1) is 19.4. The summed E-state index contributed by atoms with van der Waals surface area (Å²) in [5.74, 6) is 0.969. The molecule has 0 bridgehead atoms. The van der Waals surface area contributed by atoms with E-state index in [4.69, 9.17) is 9.47 Å². The van der Waals surface area contributed by atoms with E-state index in [1.165, 1.54) is 11.3 Å². The van der Waals surface area contributed by atoms with E-state index in [1.54, 1.807) is 20.3 Å². The van der Waals surface area contributed by atoms with E-state index >= 15 is 0 Å². The first-order chi connectivity index (χ1) is 13.7. The molecule has 1 aliphatic rings. The number of nitrogens with zero attached hydrogens (tertiary/aromatic N) is 1. The van der Waals surface area contributed by atoms with E-state index in [0.717, 1.165) is 16.8 Å². The zero-order chi connectivity index (χ0) is 20.9. The van der Waals surface area contributed by atoms with Crippen LogP contribution in [0.25, 0.3) is 10.2 Å². The van der Waals surface area contributed by atoms with Crippen molar-refractivity contribution in [3.63, 3.8) is 0 Å². The zero-order valence-electron chi connectivity index (χ0n) is 17.1. The minimum Gasteiger partial charge on any atom is -0.493 e. The number of thiazole rings is 1. The molecule has 3 aromatic rings. The van der Waals surface area contributed by atoms with Crippen LogP contribution in [-0.2, 0) is 6.42 Å². The van der Waals surface area contributed by atoms with Crippen molar-refractivity contribution >= 4 is 38.4 Å². The number of ether oxygens (including phenoxy) is 2. The Balaban J connectivity index is 1.64. The lowest BCUT2D eigenvalue weighted by Gasteiger charge is -2.28. The molecule has 0 fully saturated rings. The molecule has 0 atom stereocenters. The van der Waals surface area contributed by atoms with Gasteiger partial charge in [0.15, 0.2) is 22.4 Å².